The minimum absolute atomic E-state index is 0.183. The van der Waals surface area contributed by atoms with E-state index in [0.717, 1.165) is 16.8 Å². The molecule has 0 saturated carbocycles. The summed E-state index contributed by atoms with van der Waals surface area (Å²) in [6.45, 7) is 2.31. The molecule has 5 aromatic rings. The van der Waals surface area contributed by atoms with Crippen molar-refractivity contribution in [1.29, 1.82) is 0 Å². The normalized spacial score (nSPS) is 10.8. The van der Waals surface area contributed by atoms with E-state index >= 15 is 0 Å². The molecule has 1 heterocycles. The Morgan fingerprint density at radius 3 is 2.20 bits per heavy atom. The molecular formula is C32H27ClFN3O3. The number of carbonyl (C=O) groups is 1. The Bertz CT molecular complexity index is 1600. The third kappa shape index (κ3) is 6.00. The zero-order valence-corrected chi connectivity index (χ0v) is 22.8. The van der Waals surface area contributed by atoms with E-state index in [-0.39, 0.29) is 24.8 Å². The fourth-order valence-corrected chi connectivity index (χ4v) is 4.48. The predicted octanol–water partition coefficient (Wildman–Crippen LogP) is 7.62. The summed E-state index contributed by atoms with van der Waals surface area (Å²) in [5, 5.41) is 5.33. The molecule has 8 heteroatoms. The molecule has 5 rings (SSSR count). The number of carbonyl (C=O) groups excluding carboxylic acids is 1. The van der Waals surface area contributed by atoms with E-state index in [4.69, 9.17) is 26.2 Å². The Hall–Kier alpha value is -4.62. The Balaban J connectivity index is 1.59. The second kappa shape index (κ2) is 12.1. The SMILES string of the molecule is COc1ccccc1Oc1c(CN(Cc2ccc(F)cc2)C(=O)c2ccc(Cl)cc2)c(C)nn1-c1ccccc1. The molecule has 6 nitrogen and oxygen atoms in total. The van der Waals surface area contributed by atoms with E-state index in [9.17, 15) is 9.18 Å². The average molecular weight is 556 g/mol. The quantitative estimate of drug-likeness (QED) is 0.188. The van der Waals surface area contributed by atoms with Crippen molar-refractivity contribution >= 4 is 17.5 Å². The Morgan fingerprint density at radius 2 is 1.52 bits per heavy atom. The molecule has 202 valence electrons. The van der Waals surface area contributed by atoms with Gasteiger partial charge in [0.15, 0.2) is 11.5 Å². The molecule has 4 aromatic carbocycles. The average Bonchev–Trinajstić information content (AvgIpc) is 3.28. The summed E-state index contributed by atoms with van der Waals surface area (Å²) in [4.78, 5) is 15.5. The van der Waals surface area contributed by atoms with Gasteiger partial charge in [-0.3, -0.25) is 4.79 Å². The van der Waals surface area contributed by atoms with Gasteiger partial charge in [-0.2, -0.15) is 5.10 Å². The number of methoxy groups -OCH3 is 1. The van der Waals surface area contributed by atoms with Gasteiger partial charge in [-0.15, -0.1) is 0 Å². The number of hydrogen-bond acceptors (Lipinski definition) is 4. The zero-order valence-electron chi connectivity index (χ0n) is 22.1. The number of nitrogens with zero attached hydrogens (tertiary/aromatic N) is 3. The van der Waals surface area contributed by atoms with Crippen molar-refractivity contribution in [3.63, 3.8) is 0 Å². The van der Waals surface area contributed by atoms with Crippen molar-refractivity contribution in [1.82, 2.24) is 14.7 Å². The molecule has 1 aromatic heterocycles. The summed E-state index contributed by atoms with van der Waals surface area (Å²) in [6, 6.07) is 29.8. The molecule has 0 fully saturated rings. The van der Waals surface area contributed by atoms with Crippen molar-refractivity contribution in [2.24, 2.45) is 0 Å². The van der Waals surface area contributed by atoms with Gasteiger partial charge in [0.2, 0.25) is 5.88 Å². The van der Waals surface area contributed by atoms with E-state index in [1.807, 2.05) is 61.5 Å². The van der Waals surface area contributed by atoms with Crippen LogP contribution in [-0.2, 0) is 13.1 Å². The monoisotopic (exact) mass is 555 g/mol. The maximum atomic E-state index is 13.8. The maximum absolute atomic E-state index is 13.8. The largest absolute Gasteiger partial charge is 0.493 e. The molecule has 0 spiro atoms. The fraction of sp³-hybridized carbons (Fsp3) is 0.125. The molecule has 1 amide bonds. The van der Waals surface area contributed by atoms with Gasteiger partial charge in [-0.25, -0.2) is 9.07 Å². The van der Waals surface area contributed by atoms with Crippen LogP contribution < -0.4 is 9.47 Å². The van der Waals surface area contributed by atoms with E-state index in [1.54, 1.807) is 53.1 Å². The topological polar surface area (TPSA) is 56.6 Å². The first-order valence-corrected chi connectivity index (χ1v) is 13.0. The second-order valence-corrected chi connectivity index (χ2v) is 9.60. The Kier molecular flexibility index (Phi) is 8.12. The fourth-order valence-electron chi connectivity index (χ4n) is 4.35. The first kappa shape index (κ1) is 27.0. The minimum Gasteiger partial charge on any atom is -0.493 e. The van der Waals surface area contributed by atoms with Crippen LogP contribution >= 0.6 is 11.6 Å². The van der Waals surface area contributed by atoms with Gasteiger partial charge in [0.05, 0.1) is 30.6 Å². The van der Waals surface area contributed by atoms with Gasteiger partial charge < -0.3 is 14.4 Å². The lowest BCUT2D eigenvalue weighted by molar-refractivity contribution is 0.0729. The molecule has 0 bridgehead atoms. The summed E-state index contributed by atoms with van der Waals surface area (Å²) in [6.07, 6.45) is 0. The number of aryl methyl sites for hydroxylation is 1. The number of aromatic nitrogens is 2. The van der Waals surface area contributed by atoms with E-state index < -0.39 is 0 Å². The lowest BCUT2D eigenvalue weighted by Gasteiger charge is -2.24. The first-order chi connectivity index (χ1) is 19.4. The van der Waals surface area contributed by atoms with Crippen LogP contribution in [0.1, 0.15) is 27.2 Å². The molecular weight excluding hydrogens is 529 g/mol. The highest BCUT2D eigenvalue weighted by molar-refractivity contribution is 6.30. The van der Waals surface area contributed by atoms with Crippen LogP contribution in [0.5, 0.6) is 17.4 Å². The smallest absolute Gasteiger partial charge is 0.254 e. The highest BCUT2D eigenvalue weighted by Gasteiger charge is 2.25. The number of rotatable bonds is 9. The number of halogens is 2. The van der Waals surface area contributed by atoms with Crippen molar-refractivity contribution < 1.29 is 18.7 Å². The third-order valence-electron chi connectivity index (χ3n) is 6.43. The van der Waals surface area contributed by atoms with Gasteiger partial charge in [0, 0.05) is 17.1 Å². The highest BCUT2D eigenvalue weighted by Crippen LogP contribution is 2.36. The summed E-state index contributed by atoms with van der Waals surface area (Å²) in [7, 11) is 1.58. The van der Waals surface area contributed by atoms with Crippen LogP contribution in [0.4, 0.5) is 4.39 Å². The number of hydrogen-bond donors (Lipinski definition) is 0. The number of amides is 1. The summed E-state index contributed by atoms with van der Waals surface area (Å²) in [5.74, 6) is 0.980. The molecule has 0 N–H and O–H groups in total. The van der Waals surface area contributed by atoms with Crippen molar-refractivity contribution in [2.45, 2.75) is 20.0 Å². The van der Waals surface area contributed by atoms with Gasteiger partial charge in [0.1, 0.15) is 5.82 Å². The Labute approximate surface area is 237 Å². The minimum atomic E-state index is -0.341. The molecule has 0 aliphatic rings. The first-order valence-electron chi connectivity index (χ1n) is 12.7. The lowest BCUT2D eigenvalue weighted by Crippen LogP contribution is -2.30. The number of ether oxygens (including phenoxy) is 2. The van der Waals surface area contributed by atoms with Crippen LogP contribution in [0.15, 0.2) is 103 Å². The van der Waals surface area contributed by atoms with Gasteiger partial charge >= 0.3 is 0 Å². The summed E-state index contributed by atoms with van der Waals surface area (Å²) < 4.78 is 27.4. The van der Waals surface area contributed by atoms with Crippen molar-refractivity contribution in [3.8, 4) is 23.1 Å². The standard InChI is InChI=1S/C32H27ClFN3O3/c1-22-28(21-36(20-23-12-18-26(34)19-13-23)31(38)24-14-16-25(33)17-15-24)32(37(35-22)27-8-4-3-5-9-27)40-30-11-7-6-10-29(30)39-2/h3-19H,20-21H2,1-2H3. The van der Waals surface area contributed by atoms with Crippen LogP contribution in [0.2, 0.25) is 5.02 Å². The van der Waals surface area contributed by atoms with Crippen LogP contribution in [-0.4, -0.2) is 27.7 Å². The van der Waals surface area contributed by atoms with Crippen molar-refractivity contribution in [2.75, 3.05) is 7.11 Å². The molecule has 0 saturated heterocycles. The predicted molar refractivity (Wildman–Crippen MR) is 153 cm³/mol. The Morgan fingerprint density at radius 1 is 0.875 bits per heavy atom. The lowest BCUT2D eigenvalue weighted by atomic mass is 10.1. The molecule has 0 radical (unpaired) electrons. The highest BCUT2D eigenvalue weighted by atomic mass is 35.5. The summed E-state index contributed by atoms with van der Waals surface area (Å²) in [5.41, 5.74) is 3.48. The van der Waals surface area contributed by atoms with Crippen LogP contribution in [0.25, 0.3) is 5.69 Å². The van der Waals surface area contributed by atoms with Crippen molar-refractivity contribution in [3.05, 3.63) is 136 Å². The van der Waals surface area contributed by atoms with Gasteiger partial charge in [0.25, 0.3) is 5.91 Å². The molecule has 40 heavy (non-hydrogen) atoms. The molecule has 0 aliphatic carbocycles. The van der Waals surface area contributed by atoms with Crippen LogP contribution in [0, 0.1) is 12.7 Å². The molecule has 0 aliphatic heterocycles. The number of para-hydroxylation sites is 3. The van der Waals surface area contributed by atoms with Gasteiger partial charge in [-0.05, 0) is 73.2 Å². The van der Waals surface area contributed by atoms with Crippen LogP contribution in [0.3, 0.4) is 0 Å². The summed E-state index contributed by atoms with van der Waals surface area (Å²) >= 11 is 6.08. The number of benzene rings is 4. The molecule has 0 unspecified atom stereocenters. The maximum Gasteiger partial charge on any atom is 0.254 e. The van der Waals surface area contributed by atoms with E-state index in [0.29, 0.717) is 33.7 Å². The van der Waals surface area contributed by atoms with E-state index in [2.05, 4.69) is 0 Å². The van der Waals surface area contributed by atoms with Gasteiger partial charge in [-0.1, -0.05) is 54.1 Å². The van der Waals surface area contributed by atoms with E-state index in [1.165, 1.54) is 12.1 Å². The zero-order chi connectivity index (χ0) is 28.1. The molecule has 0 atom stereocenters. The second-order valence-electron chi connectivity index (χ2n) is 9.16. The third-order valence-corrected chi connectivity index (χ3v) is 6.68.